The molecule has 1 unspecified atom stereocenters. The Morgan fingerprint density at radius 1 is 1.29 bits per heavy atom. The van der Waals surface area contributed by atoms with Gasteiger partial charge in [0.05, 0.1) is 0 Å². The van der Waals surface area contributed by atoms with Gasteiger partial charge in [-0.2, -0.15) is 0 Å². The lowest BCUT2D eigenvalue weighted by Gasteiger charge is -2.31. The van der Waals surface area contributed by atoms with Crippen LogP contribution in [0.15, 0.2) is 59.5 Å². The molecular weight excluding hydrogens is 389 g/mol. The van der Waals surface area contributed by atoms with Crippen LogP contribution in [0.5, 0.6) is 0 Å². The third-order valence-electron chi connectivity index (χ3n) is 6.16. The average molecular weight is 424 g/mol. The van der Waals surface area contributed by atoms with Gasteiger partial charge in [0.1, 0.15) is 17.3 Å². The number of allylic oxidation sites excluding steroid dienone is 3. The van der Waals surface area contributed by atoms with Crippen LogP contribution in [0.1, 0.15) is 64.4 Å². The van der Waals surface area contributed by atoms with Crippen molar-refractivity contribution in [1.29, 1.82) is 0 Å². The number of benzene rings is 1. The molecule has 31 heavy (non-hydrogen) atoms. The molecule has 4 nitrogen and oxygen atoms in total. The number of hydrogen-bond donors (Lipinski definition) is 0. The summed E-state index contributed by atoms with van der Waals surface area (Å²) >= 11 is 0. The summed E-state index contributed by atoms with van der Waals surface area (Å²) in [7, 11) is 1.95. The molecule has 166 valence electrons. The van der Waals surface area contributed by atoms with Crippen LogP contribution in [0.4, 0.5) is 4.39 Å². The summed E-state index contributed by atoms with van der Waals surface area (Å²) in [5.41, 5.74) is 2.49. The standard InChI is InChI=1S/C26H34FN3O/c1-5-6-13-21-18-24(26(31)30-16-11-7-8-12-20(30)3)28-25(29(21)4)17-19(2)22-14-9-10-15-23(22)27/h9-10,14-15,17-18,20H,2,5-8,11-13,16H2,1,3-4H3/b25-17-. The highest BCUT2D eigenvalue weighted by molar-refractivity contribution is 6.43. The van der Waals surface area contributed by atoms with Crippen molar-refractivity contribution >= 4 is 17.2 Å². The maximum absolute atomic E-state index is 14.3. The normalized spacial score (nSPS) is 20.9. The molecule has 0 saturated carbocycles. The zero-order valence-electron chi connectivity index (χ0n) is 19.0. The molecule has 0 spiro atoms. The Labute approximate surface area is 185 Å². The van der Waals surface area contributed by atoms with E-state index >= 15 is 0 Å². The highest BCUT2D eigenvalue weighted by Gasteiger charge is 2.28. The summed E-state index contributed by atoms with van der Waals surface area (Å²) in [5, 5.41) is 0. The number of nitrogens with zero attached hydrogens (tertiary/aromatic N) is 3. The first-order valence-corrected chi connectivity index (χ1v) is 11.4. The molecule has 1 atom stereocenters. The van der Waals surface area contributed by atoms with E-state index < -0.39 is 0 Å². The zero-order chi connectivity index (χ0) is 22.4. The highest BCUT2D eigenvalue weighted by Crippen LogP contribution is 2.27. The summed E-state index contributed by atoms with van der Waals surface area (Å²) in [6.07, 6.45) is 11.0. The van der Waals surface area contributed by atoms with E-state index in [9.17, 15) is 9.18 Å². The second kappa shape index (κ2) is 10.6. The van der Waals surface area contributed by atoms with Crippen molar-refractivity contribution in [3.63, 3.8) is 0 Å². The van der Waals surface area contributed by atoms with Gasteiger partial charge in [-0.15, -0.1) is 0 Å². The van der Waals surface area contributed by atoms with Gasteiger partial charge in [0.25, 0.3) is 5.91 Å². The van der Waals surface area contributed by atoms with Crippen molar-refractivity contribution in [3.8, 4) is 0 Å². The molecule has 1 aromatic rings. The molecule has 1 aromatic carbocycles. The summed E-state index contributed by atoms with van der Waals surface area (Å²) in [4.78, 5) is 22.1. The molecule has 0 radical (unpaired) electrons. The van der Waals surface area contributed by atoms with Gasteiger partial charge in [0.15, 0.2) is 0 Å². The maximum Gasteiger partial charge on any atom is 0.272 e. The first kappa shape index (κ1) is 23.0. The Morgan fingerprint density at radius 3 is 2.81 bits per heavy atom. The largest absolute Gasteiger partial charge is 0.335 e. The number of amides is 1. The molecule has 1 saturated heterocycles. The Balaban J connectivity index is 1.95. The Kier molecular flexibility index (Phi) is 7.83. The zero-order valence-corrected chi connectivity index (χ0v) is 19.0. The topological polar surface area (TPSA) is 35.9 Å². The number of carbonyl (C=O) groups is 1. The summed E-state index contributed by atoms with van der Waals surface area (Å²) in [6, 6.07) is 6.80. The lowest BCUT2D eigenvalue weighted by atomic mass is 10.0. The van der Waals surface area contributed by atoms with E-state index in [2.05, 4.69) is 20.4 Å². The molecule has 0 bridgehead atoms. The van der Waals surface area contributed by atoms with Crippen LogP contribution in [0.2, 0.25) is 0 Å². The summed E-state index contributed by atoms with van der Waals surface area (Å²) in [6.45, 7) is 9.10. The van der Waals surface area contributed by atoms with E-state index in [4.69, 9.17) is 4.99 Å². The van der Waals surface area contributed by atoms with Crippen molar-refractivity contribution in [2.75, 3.05) is 13.6 Å². The molecule has 0 N–H and O–H groups in total. The van der Waals surface area contributed by atoms with Gasteiger partial charge in [-0.05, 0) is 56.4 Å². The number of halogens is 1. The maximum atomic E-state index is 14.3. The first-order valence-electron chi connectivity index (χ1n) is 11.4. The Morgan fingerprint density at radius 2 is 2.06 bits per heavy atom. The number of likely N-dealkylation sites (tertiary alicyclic amines) is 1. The molecule has 5 heteroatoms. The SMILES string of the molecule is C=C(/C=C1/N=C(C(=O)N2CCCCCC2C)C=C(CCCC)N1C)c1ccccc1F. The Hall–Kier alpha value is -2.69. The first-order chi connectivity index (χ1) is 14.9. The quantitative estimate of drug-likeness (QED) is 0.568. The van der Waals surface area contributed by atoms with Crippen molar-refractivity contribution in [3.05, 3.63) is 65.9 Å². The number of aliphatic imine (C=N–C) groups is 1. The summed E-state index contributed by atoms with van der Waals surface area (Å²) in [5.74, 6) is 0.287. The van der Waals surface area contributed by atoms with Crippen LogP contribution in [0, 0.1) is 5.82 Å². The Bertz CT molecular complexity index is 915. The molecule has 0 aliphatic carbocycles. The fourth-order valence-corrected chi connectivity index (χ4v) is 4.15. The van der Waals surface area contributed by atoms with Crippen molar-refractivity contribution < 1.29 is 9.18 Å². The van der Waals surface area contributed by atoms with E-state index in [1.807, 2.05) is 22.9 Å². The molecular formula is C26H34FN3O. The van der Waals surface area contributed by atoms with Crippen LogP contribution in [-0.4, -0.2) is 41.1 Å². The molecule has 2 aliphatic rings. The monoisotopic (exact) mass is 423 g/mol. The highest BCUT2D eigenvalue weighted by atomic mass is 19.1. The minimum atomic E-state index is -0.316. The second-order valence-electron chi connectivity index (χ2n) is 8.50. The predicted molar refractivity (Wildman–Crippen MR) is 126 cm³/mol. The van der Waals surface area contributed by atoms with Crippen LogP contribution in [-0.2, 0) is 4.79 Å². The van der Waals surface area contributed by atoms with E-state index in [0.717, 1.165) is 57.2 Å². The van der Waals surface area contributed by atoms with Gasteiger partial charge in [-0.3, -0.25) is 4.79 Å². The third-order valence-corrected chi connectivity index (χ3v) is 6.16. The lowest BCUT2D eigenvalue weighted by Crippen LogP contribution is -2.43. The molecule has 3 rings (SSSR count). The van der Waals surface area contributed by atoms with E-state index in [0.29, 0.717) is 22.7 Å². The minimum absolute atomic E-state index is 0.0149. The third kappa shape index (κ3) is 5.52. The van der Waals surface area contributed by atoms with Gasteiger partial charge in [0, 0.05) is 30.9 Å². The predicted octanol–water partition coefficient (Wildman–Crippen LogP) is 5.93. The van der Waals surface area contributed by atoms with Crippen LogP contribution < -0.4 is 0 Å². The lowest BCUT2D eigenvalue weighted by molar-refractivity contribution is -0.125. The van der Waals surface area contributed by atoms with E-state index in [1.165, 1.54) is 6.07 Å². The number of hydrogen-bond acceptors (Lipinski definition) is 3. The average Bonchev–Trinajstić information content (AvgIpc) is 2.98. The molecule has 0 aromatic heterocycles. The van der Waals surface area contributed by atoms with Crippen molar-refractivity contribution in [2.45, 2.75) is 64.8 Å². The van der Waals surface area contributed by atoms with Crippen molar-refractivity contribution in [1.82, 2.24) is 9.80 Å². The fraction of sp³-hybridized carbons (Fsp3) is 0.462. The molecule has 2 heterocycles. The number of carbonyl (C=O) groups excluding carboxylic acids is 1. The van der Waals surface area contributed by atoms with Gasteiger partial charge in [-0.1, -0.05) is 51.0 Å². The van der Waals surface area contributed by atoms with E-state index in [-0.39, 0.29) is 17.8 Å². The van der Waals surface area contributed by atoms with Crippen LogP contribution in [0.3, 0.4) is 0 Å². The number of rotatable bonds is 6. The van der Waals surface area contributed by atoms with Crippen molar-refractivity contribution in [2.24, 2.45) is 4.99 Å². The van der Waals surface area contributed by atoms with Gasteiger partial charge >= 0.3 is 0 Å². The van der Waals surface area contributed by atoms with Crippen LogP contribution >= 0.6 is 0 Å². The number of unbranched alkanes of at least 4 members (excludes halogenated alkanes) is 1. The molecule has 2 aliphatic heterocycles. The smallest absolute Gasteiger partial charge is 0.272 e. The van der Waals surface area contributed by atoms with Crippen LogP contribution in [0.25, 0.3) is 5.57 Å². The fourth-order valence-electron chi connectivity index (χ4n) is 4.15. The second-order valence-corrected chi connectivity index (χ2v) is 8.50. The minimum Gasteiger partial charge on any atom is -0.335 e. The molecule has 1 amide bonds. The molecule has 1 fully saturated rings. The van der Waals surface area contributed by atoms with Gasteiger partial charge in [0.2, 0.25) is 0 Å². The van der Waals surface area contributed by atoms with Gasteiger partial charge in [-0.25, -0.2) is 9.38 Å². The summed E-state index contributed by atoms with van der Waals surface area (Å²) < 4.78 is 14.3. The van der Waals surface area contributed by atoms with Gasteiger partial charge < -0.3 is 9.80 Å². The van der Waals surface area contributed by atoms with E-state index in [1.54, 1.807) is 24.3 Å².